The Bertz CT molecular complexity index is 607. The first-order valence-electron chi connectivity index (χ1n) is 7.16. The maximum Gasteiger partial charge on any atom is 0.322 e. The number of hydrogen-bond acceptors (Lipinski definition) is 5. The van der Waals surface area contributed by atoms with Gasteiger partial charge in [-0.1, -0.05) is 35.4 Å². The Labute approximate surface area is 122 Å². The summed E-state index contributed by atoms with van der Waals surface area (Å²) in [5.74, 6) is 0.676. The summed E-state index contributed by atoms with van der Waals surface area (Å²) in [5, 5.41) is 10.3. The number of anilines is 1. The smallest absolute Gasteiger partial charge is 0.322 e. The Morgan fingerprint density at radius 3 is 2.81 bits per heavy atom. The first-order valence-corrected chi connectivity index (χ1v) is 7.16. The van der Waals surface area contributed by atoms with Crippen LogP contribution in [0.1, 0.15) is 36.6 Å². The molecule has 1 saturated carbocycles. The number of nitrogens with zero attached hydrogens (tertiary/aromatic N) is 2. The molecule has 1 amide bonds. The van der Waals surface area contributed by atoms with Gasteiger partial charge in [0.1, 0.15) is 0 Å². The van der Waals surface area contributed by atoms with Crippen LogP contribution in [-0.4, -0.2) is 22.1 Å². The van der Waals surface area contributed by atoms with Crippen molar-refractivity contribution >= 4 is 11.9 Å². The molecule has 3 N–H and O–H groups in total. The minimum atomic E-state index is -0.596. The summed E-state index contributed by atoms with van der Waals surface area (Å²) in [6.07, 6.45) is 3.48. The Balaban J connectivity index is 1.49. The molecule has 1 heterocycles. The molecule has 0 radical (unpaired) electrons. The van der Waals surface area contributed by atoms with Crippen molar-refractivity contribution in [2.75, 3.05) is 5.32 Å². The van der Waals surface area contributed by atoms with Crippen LogP contribution >= 0.6 is 0 Å². The summed E-state index contributed by atoms with van der Waals surface area (Å²) in [7, 11) is 0. The Kier molecular flexibility index (Phi) is 3.96. The van der Waals surface area contributed by atoms with Crippen LogP contribution in [0, 0.1) is 0 Å². The number of amides is 1. The molecule has 3 rings (SSSR count). The van der Waals surface area contributed by atoms with Gasteiger partial charge >= 0.3 is 6.01 Å². The number of rotatable bonds is 6. The van der Waals surface area contributed by atoms with Crippen molar-refractivity contribution in [2.45, 2.75) is 37.6 Å². The van der Waals surface area contributed by atoms with E-state index in [0.717, 1.165) is 24.8 Å². The largest absolute Gasteiger partial charge is 0.408 e. The fraction of sp³-hybridized carbons (Fsp3) is 0.400. The molecule has 1 aliphatic carbocycles. The molecule has 110 valence electrons. The lowest BCUT2D eigenvalue weighted by atomic mass is 10.1. The van der Waals surface area contributed by atoms with E-state index in [2.05, 4.69) is 15.5 Å². The molecule has 6 nitrogen and oxygen atoms in total. The zero-order valence-electron chi connectivity index (χ0n) is 11.7. The average molecular weight is 286 g/mol. The zero-order chi connectivity index (χ0) is 14.7. The Hall–Kier alpha value is -2.21. The van der Waals surface area contributed by atoms with Crippen LogP contribution < -0.4 is 11.1 Å². The number of nitrogens with one attached hydrogen (secondary N) is 1. The highest BCUT2D eigenvalue weighted by atomic mass is 16.4. The second-order valence-electron chi connectivity index (χ2n) is 5.34. The quantitative estimate of drug-likeness (QED) is 0.845. The summed E-state index contributed by atoms with van der Waals surface area (Å²) < 4.78 is 5.38. The first kappa shape index (κ1) is 13.8. The fourth-order valence-corrected chi connectivity index (χ4v) is 2.08. The fourth-order valence-electron chi connectivity index (χ4n) is 2.08. The van der Waals surface area contributed by atoms with Crippen LogP contribution in [0.15, 0.2) is 34.7 Å². The zero-order valence-corrected chi connectivity index (χ0v) is 11.7. The van der Waals surface area contributed by atoms with Gasteiger partial charge in [-0.2, -0.15) is 0 Å². The molecule has 0 aliphatic heterocycles. The van der Waals surface area contributed by atoms with E-state index in [-0.39, 0.29) is 11.9 Å². The Morgan fingerprint density at radius 2 is 2.10 bits per heavy atom. The van der Waals surface area contributed by atoms with Crippen LogP contribution in [0.25, 0.3) is 0 Å². The Morgan fingerprint density at radius 1 is 1.33 bits per heavy atom. The molecule has 21 heavy (non-hydrogen) atoms. The second-order valence-corrected chi connectivity index (χ2v) is 5.34. The van der Waals surface area contributed by atoms with Gasteiger partial charge in [-0.05, 0) is 31.2 Å². The van der Waals surface area contributed by atoms with Crippen molar-refractivity contribution in [1.82, 2.24) is 10.2 Å². The number of nitrogens with two attached hydrogens (primary N) is 1. The van der Waals surface area contributed by atoms with E-state index in [4.69, 9.17) is 10.2 Å². The van der Waals surface area contributed by atoms with Gasteiger partial charge in [-0.25, -0.2) is 0 Å². The molecule has 2 aromatic rings. The molecule has 0 bridgehead atoms. The van der Waals surface area contributed by atoms with Gasteiger partial charge in [-0.3, -0.25) is 10.1 Å². The van der Waals surface area contributed by atoms with Crippen molar-refractivity contribution in [1.29, 1.82) is 0 Å². The van der Waals surface area contributed by atoms with Crippen LogP contribution in [0.2, 0.25) is 0 Å². The van der Waals surface area contributed by atoms with Gasteiger partial charge in [0.05, 0.1) is 6.04 Å². The third kappa shape index (κ3) is 3.66. The lowest BCUT2D eigenvalue weighted by Crippen LogP contribution is -2.36. The van der Waals surface area contributed by atoms with Gasteiger partial charge in [-0.15, -0.1) is 5.10 Å². The second kappa shape index (κ2) is 6.05. The van der Waals surface area contributed by atoms with Crippen LogP contribution in [-0.2, 0) is 11.2 Å². The molecule has 1 fully saturated rings. The standard InChI is InChI=1S/C15H18N4O2/c16-12(9-6-10-4-2-1-3-5-10)13(20)17-15-19-18-14(21-15)11-7-8-11/h1-5,11-12H,6-9,16H2,(H,17,19,20). The third-order valence-corrected chi connectivity index (χ3v) is 3.52. The summed E-state index contributed by atoms with van der Waals surface area (Å²) in [4.78, 5) is 12.0. The molecule has 1 aliphatic rings. The van der Waals surface area contributed by atoms with Crippen LogP contribution in [0.4, 0.5) is 6.01 Å². The van der Waals surface area contributed by atoms with E-state index in [0.29, 0.717) is 18.2 Å². The predicted octanol–water partition coefficient (Wildman–Crippen LogP) is 1.85. The highest BCUT2D eigenvalue weighted by molar-refractivity contribution is 5.92. The third-order valence-electron chi connectivity index (χ3n) is 3.52. The lowest BCUT2D eigenvalue weighted by molar-refractivity contribution is -0.117. The van der Waals surface area contributed by atoms with E-state index in [1.165, 1.54) is 0 Å². The molecular formula is C15H18N4O2. The number of carbonyl (C=O) groups excluding carboxylic acids is 1. The molecule has 0 saturated heterocycles. The first-order chi connectivity index (χ1) is 10.2. The average Bonchev–Trinajstić information content (AvgIpc) is 3.26. The van der Waals surface area contributed by atoms with Gasteiger partial charge < -0.3 is 10.2 Å². The minimum absolute atomic E-state index is 0.136. The van der Waals surface area contributed by atoms with Gasteiger partial charge in [0.25, 0.3) is 0 Å². The molecule has 0 spiro atoms. The van der Waals surface area contributed by atoms with Crippen molar-refractivity contribution < 1.29 is 9.21 Å². The van der Waals surface area contributed by atoms with Crippen molar-refractivity contribution in [3.05, 3.63) is 41.8 Å². The molecular weight excluding hydrogens is 268 g/mol. The van der Waals surface area contributed by atoms with Crippen molar-refractivity contribution in [3.63, 3.8) is 0 Å². The predicted molar refractivity (Wildman–Crippen MR) is 77.6 cm³/mol. The van der Waals surface area contributed by atoms with E-state index in [1.54, 1.807) is 0 Å². The molecule has 1 atom stereocenters. The number of benzene rings is 1. The highest BCUT2D eigenvalue weighted by Crippen LogP contribution is 2.39. The summed E-state index contributed by atoms with van der Waals surface area (Å²) in [6.45, 7) is 0. The van der Waals surface area contributed by atoms with Crippen molar-refractivity contribution in [3.8, 4) is 0 Å². The molecule has 1 aromatic heterocycles. The minimum Gasteiger partial charge on any atom is -0.408 e. The van der Waals surface area contributed by atoms with Gasteiger partial charge in [0.2, 0.25) is 11.8 Å². The van der Waals surface area contributed by atoms with E-state index in [9.17, 15) is 4.79 Å². The van der Waals surface area contributed by atoms with Gasteiger partial charge in [0, 0.05) is 5.92 Å². The van der Waals surface area contributed by atoms with E-state index < -0.39 is 6.04 Å². The number of hydrogen-bond donors (Lipinski definition) is 2. The van der Waals surface area contributed by atoms with E-state index >= 15 is 0 Å². The number of carbonyl (C=O) groups is 1. The van der Waals surface area contributed by atoms with Crippen LogP contribution in [0.5, 0.6) is 0 Å². The maximum atomic E-state index is 12.0. The molecule has 1 aromatic carbocycles. The monoisotopic (exact) mass is 286 g/mol. The highest BCUT2D eigenvalue weighted by Gasteiger charge is 2.29. The number of aryl methyl sites for hydroxylation is 1. The summed E-state index contributed by atoms with van der Waals surface area (Å²) in [6, 6.07) is 9.48. The van der Waals surface area contributed by atoms with E-state index in [1.807, 2.05) is 30.3 Å². The molecule has 6 heteroatoms. The molecule has 1 unspecified atom stereocenters. The summed E-state index contributed by atoms with van der Waals surface area (Å²) >= 11 is 0. The number of aromatic nitrogens is 2. The van der Waals surface area contributed by atoms with Crippen molar-refractivity contribution in [2.24, 2.45) is 5.73 Å². The normalized spacial score (nSPS) is 15.7. The van der Waals surface area contributed by atoms with Crippen LogP contribution in [0.3, 0.4) is 0 Å². The lowest BCUT2D eigenvalue weighted by Gasteiger charge is -2.09. The SMILES string of the molecule is NC(CCc1ccccc1)C(=O)Nc1nnc(C2CC2)o1. The topological polar surface area (TPSA) is 94.0 Å². The summed E-state index contributed by atoms with van der Waals surface area (Å²) in [5.41, 5.74) is 7.05. The maximum absolute atomic E-state index is 12.0. The van der Waals surface area contributed by atoms with Gasteiger partial charge in [0.15, 0.2) is 0 Å².